The van der Waals surface area contributed by atoms with E-state index in [2.05, 4.69) is 21.4 Å². The summed E-state index contributed by atoms with van der Waals surface area (Å²) in [6, 6.07) is 5.28. The van der Waals surface area contributed by atoms with Gasteiger partial charge in [0.15, 0.2) is 0 Å². The molecule has 1 aromatic rings. The molecule has 0 aliphatic rings. The molecule has 0 aliphatic heterocycles. The van der Waals surface area contributed by atoms with Gasteiger partial charge in [0, 0.05) is 4.47 Å². The van der Waals surface area contributed by atoms with Gasteiger partial charge in [-0.1, -0.05) is 27.5 Å². The summed E-state index contributed by atoms with van der Waals surface area (Å²) in [5, 5.41) is 0.497. The average molecular weight is 322 g/mol. The lowest BCUT2D eigenvalue weighted by atomic mass is 9.94. The molecule has 0 aromatic heterocycles. The predicted molar refractivity (Wildman–Crippen MR) is 70.8 cm³/mol. The topological polar surface area (TPSA) is 64.3 Å². The maximum absolute atomic E-state index is 11.4. The molecule has 0 radical (unpaired) electrons. The zero-order valence-electron chi connectivity index (χ0n) is 9.59. The molecule has 4 nitrogen and oxygen atoms in total. The quantitative estimate of drug-likeness (QED) is 0.509. The largest absolute Gasteiger partial charge is 0.491 e. The fraction of sp³-hybridized carbons (Fsp3) is 0.364. The fourth-order valence-corrected chi connectivity index (χ4v) is 1.62. The van der Waals surface area contributed by atoms with Crippen LogP contribution in [0, 0.1) is 5.41 Å². The number of carbonyl (C=O) groups is 1. The number of benzene rings is 1. The van der Waals surface area contributed by atoms with Crippen molar-refractivity contribution in [1.29, 1.82) is 0 Å². The lowest BCUT2D eigenvalue weighted by Crippen LogP contribution is -2.44. The Hall–Kier alpha value is -0.780. The highest BCUT2D eigenvalue weighted by atomic mass is 79.9. The Morgan fingerprint density at radius 1 is 1.59 bits per heavy atom. The van der Waals surface area contributed by atoms with E-state index >= 15 is 0 Å². The number of hydrazine groups is 1. The van der Waals surface area contributed by atoms with Crippen LogP contribution in [0.2, 0.25) is 5.02 Å². The van der Waals surface area contributed by atoms with E-state index in [1.165, 1.54) is 0 Å². The van der Waals surface area contributed by atoms with Crippen molar-refractivity contribution in [1.82, 2.24) is 5.43 Å². The van der Waals surface area contributed by atoms with Crippen LogP contribution in [0.25, 0.3) is 0 Å². The third-order valence-corrected chi connectivity index (χ3v) is 3.03. The van der Waals surface area contributed by atoms with Gasteiger partial charge in [-0.05, 0) is 32.0 Å². The van der Waals surface area contributed by atoms with Gasteiger partial charge in [-0.2, -0.15) is 0 Å². The number of nitrogens with two attached hydrogens (primary N) is 1. The van der Waals surface area contributed by atoms with Gasteiger partial charge in [0.2, 0.25) is 5.91 Å². The van der Waals surface area contributed by atoms with Crippen LogP contribution in [-0.2, 0) is 4.79 Å². The molecule has 0 bridgehead atoms. The van der Waals surface area contributed by atoms with Crippen molar-refractivity contribution >= 4 is 33.4 Å². The number of rotatable bonds is 4. The molecule has 0 saturated carbocycles. The molecule has 0 saturated heterocycles. The molecule has 0 heterocycles. The maximum Gasteiger partial charge on any atom is 0.242 e. The Balaban J connectivity index is 2.73. The van der Waals surface area contributed by atoms with Gasteiger partial charge in [-0.3, -0.25) is 10.2 Å². The lowest BCUT2D eigenvalue weighted by molar-refractivity contribution is -0.130. The van der Waals surface area contributed by atoms with Crippen LogP contribution in [-0.4, -0.2) is 12.5 Å². The summed E-state index contributed by atoms with van der Waals surface area (Å²) >= 11 is 9.29. The van der Waals surface area contributed by atoms with Gasteiger partial charge in [-0.25, -0.2) is 5.84 Å². The normalized spacial score (nSPS) is 11.1. The second-order valence-corrected chi connectivity index (χ2v) is 5.54. The third kappa shape index (κ3) is 3.87. The molecule has 1 aromatic carbocycles. The molecule has 0 spiro atoms. The summed E-state index contributed by atoms with van der Waals surface area (Å²) in [5.74, 6) is 5.33. The van der Waals surface area contributed by atoms with E-state index in [9.17, 15) is 4.79 Å². The maximum atomic E-state index is 11.4. The molecular formula is C11H14BrClN2O2. The van der Waals surface area contributed by atoms with Gasteiger partial charge < -0.3 is 4.74 Å². The lowest BCUT2D eigenvalue weighted by Gasteiger charge is -2.22. The van der Waals surface area contributed by atoms with Crippen LogP contribution < -0.4 is 16.0 Å². The van der Waals surface area contributed by atoms with Gasteiger partial charge >= 0.3 is 0 Å². The Morgan fingerprint density at radius 2 is 2.24 bits per heavy atom. The molecule has 6 heteroatoms. The van der Waals surface area contributed by atoms with Gasteiger partial charge in [0.25, 0.3) is 0 Å². The minimum Gasteiger partial charge on any atom is -0.491 e. The van der Waals surface area contributed by atoms with Crippen LogP contribution >= 0.6 is 27.5 Å². The van der Waals surface area contributed by atoms with Crippen molar-refractivity contribution in [3.05, 3.63) is 27.7 Å². The Kier molecular flexibility index (Phi) is 4.80. The zero-order valence-corrected chi connectivity index (χ0v) is 11.9. The molecule has 0 fully saturated rings. The number of hydrogen-bond acceptors (Lipinski definition) is 3. The molecule has 94 valence electrons. The predicted octanol–water partition coefficient (Wildman–Crippen LogP) is 2.50. The van der Waals surface area contributed by atoms with Gasteiger partial charge in [0.05, 0.1) is 10.4 Å². The minimum absolute atomic E-state index is 0.187. The molecular weight excluding hydrogens is 307 g/mol. The van der Waals surface area contributed by atoms with Crippen LogP contribution in [0.4, 0.5) is 0 Å². The van der Waals surface area contributed by atoms with E-state index in [1.807, 2.05) is 6.07 Å². The van der Waals surface area contributed by atoms with Crippen molar-refractivity contribution in [2.45, 2.75) is 13.8 Å². The minimum atomic E-state index is -0.722. The van der Waals surface area contributed by atoms with Crippen molar-refractivity contribution in [2.75, 3.05) is 6.61 Å². The Bertz CT molecular complexity index is 424. The van der Waals surface area contributed by atoms with Crippen LogP contribution in [0.15, 0.2) is 22.7 Å². The van der Waals surface area contributed by atoms with Crippen molar-refractivity contribution in [2.24, 2.45) is 11.3 Å². The zero-order chi connectivity index (χ0) is 13.1. The smallest absolute Gasteiger partial charge is 0.242 e. The van der Waals surface area contributed by atoms with E-state index < -0.39 is 5.41 Å². The summed E-state index contributed by atoms with van der Waals surface area (Å²) in [6.07, 6.45) is 0. The van der Waals surface area contributed by atoms with Crippen molar-refractivity contribution < 1.29 is 9.53 Å². The number of carbonyl (C=O) groups excluding carboxylic acids is 1. The van der Waals surface area contributed by atoms with E-state index in [4.69, 9.17) is 22.2 Å². The number of ether oxygens (including phenoxy) is 1. The number of halogens is 2. The molecule has 1 amide bonds. The molecule has 0 unspecified atom stereocenters. The number of nitrogens with one attached hydrogen (secondary N) is 1. The van der Waals surface area contributed by atoms with E-state index in [0.717, 1.165) is 4.47 Å². The van der Waals surface area contributed by atoms with Crippen LogP contribution in [0.3, 0.4) is 0 Å². The third-order valence-electron chi connectivity index (χ3n) is 2.23. The Labute approximate surface area is 114 Å². The molecule has 0 aliphatic carbocycles. The summed E-state index contributed by atoms with van der Waals surface area (Å²) < 4.78 is 6.39. The second kappa shape index (κ2) is 5.71. The highest BCUT2D eigenvalue weighted by Crippen LogP contribution is 2.29. The van der Waals surface area contributed by atoms with Gasteiger partial charge in [0.1, 0.15) is 12.4 Å². The Morgan fingerprint density at radius 3 is 2.82 bits per heavy atom. The van der Waals surface area contributed by atoms with E-state index in [1.54, 1.807) is 26.0 Å². The highest BCUT2D eigenvalue weighted by Gasteiger charge is 2.28. The van der Waals surface area contributed by atoms with E-state index in [-0.39, 0.29) is 12.5 Å². The summed E-state index contributed by atoms with van der Waals surface area (Å²) in [6.45, 7) is 3.66. The second-order valence-electron chi connectivity index (χ2n) is 4.22. The van der Waals surface area contributed by atoms with Crippen LogP contribution in [0.1, 0.15) is 13.8 Å². The first-order valence-electron chi connectivity index (χ1n) is 4.96. The standard InChI is InChI=1S/C11H14BrClN2O2/c1-11(2,10(16)15-14)6-17-9-5-7(12)3-4-8(9)13/h3-5H,6,14H2,1-2H3,(H,15,16). The van der Waals surface area contributed by atoms with Gasteiger partial charge in [-0.15, -0.1) is 0 Å². The SMILES string of the molecule is CC(C)(COc1cc(Br)ccc1Cl)C(=O)NN. The molecule has 3 N–H and O–H groups in total. The average Bonchev–Trinajstić information content (AvgIpc) is 2.29. The van der Waals surface area contributed by atoms with Crippen LogP contribution in [0.5, 0.6) is 5.75 Å². The van der Waals surface area contributed by atoms with Crippen molar-refractivity contribution in [3.63, 3.8) is 0 Å². The highest BCUT2D eigenvalue weighted by molar-refractivity contribution is 9.10. The number of hydrogen-bond donors (Lipinski definition) is 2. The summed E-state index contributed by atoms with van der Waals surface area (Å²) in [5.41, 5.74) is 1.38. The molecule has 1 rings (SSSR count). The van der Waals surface area contributed by atoms with Crippen molar-refractivity contribution in [3.8, 4) is 5.75 Å². The fourth-order valence-electron chi connectivity index (χ4n) is 1.11. The first kappa shape index (κ1) is 14.3. The monoisotopic (exact) mass is 320 g/mol. The van der Waals surface area contributed by atoms with E-state index in [0.29, 0.717) is 10.8 Å². The first-order chi connectivity index (χ1) is 7.86. The summed E-state index contributed by atoms with van der Waals surface area (Å²) in [4.78, 5) is 11.4. The first-order valence-corrected chi connectivity index (χ1v) is 6.13. The number of amides is 1. The molecule has 0 atom stereocenters. The molecule has 17 heavy (non-hydrogen) atoms. The summed E-state index contributed by atoms with van der Waals surface area (Å²) in [7, 11) is 0.